The van der Waals surface area contributed by atoms with Crippen LogP contribution >= 0.6 is 0 Å². The number of benzene rings is 2. The zero-order chi connectivity index (χ0) is 15.3. The largest absolute Gasteiger partial charge is 0.355 e. The normalized spacial score (nSPS) is 13.0. The Morgan fingerprint density at radius 2 is 1.52 bits per heavy atom. The van der Waals surface area contributed by atoms with Gasteiger partial charge in [-0.2, -0.15) is 0 Å². The van der Waals surface area contributed by atoms with Gasteiger partial charge in [-0.15, -0.1) is 0 Å². The molecule has 0 aliphatic heterocycles. The third-order valence-electron chi connectivity index (χ3n) is 3.60. The van der Waals surface area contributed by atoms with Gasteiger partial charge in [0.25, 0.3) is 0 Å². The van der Waals surface area contributed by atoms with Crippen LogP contribution in [0.3, 0.4) is 0 Å². The van der Waals surface area contributed by atoms with E-state index in [1.54, 1.807) is 0 Å². The van der Waals surface area contributed by atoms with Crippen molar-refractivity contribution in [2.75, 3.05) is 5.32 Å². The molecule has 1 heteroatoms. The Labute approximate surface area is 129 Å². The lowest BCUT2D eigenvalue weighted by Crippen LogP contribution is -2.13. The first kappa shape index (κ1) is 15.6. The molecule has 2 aromatic carbocycles. The summed E-state index contributed by atoms with van der Waals surface area (Å²) in [5.41, 5.74) is 4.16. The van der Waals surface area contributed by atoms with Crippen molar-refractivity contribution in [3.8, 4) is 0 Å². The van der Waals surface area contributed by atoms with Gasteiger partial charge in [-0.25, -0.2) is 0 Å². The summed E-state index contributed by atoms with van der Waals surface area (Å²) in [5.74, 6) is 0.684. The van der Waals surface area contributed by atoms with Crippen LogP contribution in [0, 0.1) is 11.3 Å². The Morgan fingerprint density at radius 1 is 0.905 bits per heavy atom. The van der Waals surface area contributed by atoms with Crippen molar-refractivity contribution in [2.24, 2.45) is 11.3 Å². The van der Waals surface area contributed by atoms with E-state index in [2.05, 4.69) is 81.5 Å². The van der Waals surface area contributed by atoms with Crippen LogP contribution in [0.4, 0.5) is 11.4 Å². The first-order valence-corrected chi connectivity index (χ1v) is 7.84. The van der Waals surface area contributed by atoms with Crippen LogP contribution in [-0.4, -0.2) is 0 Å². The number of rotatable bonds is 5. The Morgan fingerprint density at radius 3 is 2.19 bits per heavy atom. The summed E-state index contributed by atoms with van der Waals surface area (Å²) < 4.78 is 0. The van der Waals surface area contributed by atoms with Crippen LogP contribution in [0.15, 0.2) is 54.6 Å². The minimum atomic E-state index is 0.390. The Balaban J connectivity index is 2.10. The molecule has 0 aliphatic carbocycles. The number of para-hydroxylation sites is 2. The van der Waals surface area contributed by atoms with E-state index in [0.29, 0.717) is 11.3 Å². The highest BCUT2D eigenvalue weighted by Gasteiger charge is 2.16. The average Bonchev–Trinajstić information content (AvgIpc) is 2.40. The monoisotopic (exact) mass is 281 g/mol. The van der Waals surface area contributed by atoms with Gasteiger partial charge in [-0.1, -0.05) is 64.1 Å². The lowest BCUT2D eigenvalue weighted by Gasteiger charge is -2.24. The predicted octanol–water partition coefficient (Wildman–Crippen LogP) is 6.05. The molecule has 2 rings (SSSR count). The van der Waals surface area contributed by atoms with E-state index in [4.69, 9.17) is 0 Å². The highest BCUT2D eigenvalue weighted by molar-refractivity contribution is 5.63. The second-order valence-corrected chi connectivity index (χ2v) is 7.22. The first-order valence-electron chi connectivity index (χ1n) is 7.84. The van der Waals surface area contributed by atoms with E-state index in [1.165, 1.54) is 17.7 Å². The van der Waals surface area contributed by atoms with Crippen molar-refractivity contribution in [2.45, 2.75) is 40.5 Å². The van der Waals surface area contributed by atoms with Crippen molar-refractivity contribution >= 4 is 11.4 Å². The van der Waals surface area contributed by atoms with Crippen LogP contribution in [0.5, 0.6) is 0 Å². The Bertz CT molecular complexity index is 552. The fourth-order valence-electron chi connectivity index (χ4n) is 2.99. The van der Waals surface area contributed by atoms with E-state index in [1.807, 2.05) is 6.07 Å². The summed E-state index contributed by atoms with van der Waals surface area (Å²) in [4.78, 5) is 0. The molecule has 0 aliphatic rings. The van der Waals surface area contributed by atoms with E-state index < -0.39 is 0 Å². The molecule has 0 radical (unpaired) electrons. The van der Waals surface area contributed by atoms with Crippen LogP contribution in [0.25, 0.3) is 0 Å². The van der Waals surface area contributed by atoms with Gasteiger partial charge in [-0.05, 0) is 47.9 Å². The van der Waals surface area contributed by atoms with E-state index in [0.717, 1.165) is 12.1 Å². The molecular weight excluding hydrogens is 254 g/mol. The second kappa shape index (κ2) is 6.80. The van der Waals surface area contributed by atoms with Crippen LogP contribution in [0.1, 0.15) is 39.7 Å². The second-order valence-electron chi connectivity index (χ2n) is 7.22. The number of hydrogen-bond acceptors (Lipinski definition) is 1. The van der Waals surface area contributed by atoms with Crippen molar-refractivity contribution < 1.29 is 0 Å². The maximum Gasteiger partial charge on any atom is 0.0416 e. The van der Waals surface area contributed by atoms with Crippen molar-refractivity contribution in [3.63, 3.8) is 0 Å². The number of hydrogen-bond donors (Lipinski definition) is 1. The molecule has 112 valence electrons. The molecule has 0 bridgehead atoms. The minimum absolute atomic E-state index is 0.390. The molecule has 1 nitrogen and oxygen atoms in total. The fourth-order valence-corrected chi connectivity index (χ4v) is 2.99. The van der Waals surface area contributed by atoms with E-state index in [-0.39, 0.29) is 0 Å². The summed E-state index contributed by atoms with van der Waals surface area (Å²) in [6.07, 6.45) is 2.36. The van der Waals surface area contributed by atoms with Gasteiger partial charge in [0.05, 0.1) is 0 Å². The fraction of sp³-hybridized carbons (Fsp3) is 0.400. The van der Waals surface area contributed by atoms with Gasteiger partial charge in [-0.3, -0.25) is 0 Å². The number of nitrogens with one attached hydrogen (secondary N) is 1. The van der Waals surface area contributed by atoms with Gasteiger partial charge in [0.2, 0.25) is 0 Å². The minimum Gasteiger partial charge on any atom is -0.355 e. The molecule has 1 atom stereocenters. The molecule has 0 amide bonds. The SMILES string of the molecule is CC(Cc1ccccc1Nc1ccccc1)CC(C)(C)C. The Hall–Kier alpha value is -1.76. The van der Waals surface area contributed by atoms with Gasteiger partial charge >= 0.3 is 0 Å². The first-order chi connectivity index (χ1) is 9.94. The molecule has 0 fully saturated rings. The van der Waals surface area contributed by atoms with Crippen LogP contribution < -0.4 is 5.32 Å². The van der Waals surface area contributed by atoms with Gasteiger partial charge in [0, 0.05) is 11.4 Å². The maximum absolute atomic E-state index is 3.54. The van der Waals surface area contributed by atoms with Crippen LogP contribution in [0.2, 0.25) is 0 Å². The zero-order valence-corrected chi connectivity index (χ0v) is 13.7. The average molecular weight is 281 g/mol. The van der Waals surface area contributed by atoms with Gasteiger partial charge < -0.3 is 5.32 Å². The quantitative estimate of drug-likeness (QED) is 0.704. The summed E-state index contributed by atoms with van der Waals surface area (Å²) in [7, 11) is 0. The lowest BCUT2D eigenvalue weighted by molar-refractivity contribution is 0.306. The molecule has 2 aromatic rings. The smallest absolute Gasteiger partial charge is 0.0416 e. The molecule has 0 saturated carbocycles. The number of anilines is 2. The molecule has 21 heavy (non-hydrogen) atoms. The summed E-state index contributed by atoms with van der Waals surface area (Å²) in [5, 5.41) is 3.54. The molecule has 1 unspecified atom stereocenters. The molecular formula is C20H27N. The summed E-state index contributed by atoms with van der Waals surface area (Å²) >= 11 is 0. The van der Waals surface area contributed by atoms with Crippen molar-refractivity contribution in [3.05, 3.63) is 60.2 Å². The third-order valence-corrected chi connectivity index (χ3v) is 3.60. The summed E-state index contributed by atoms with van der Waals surface area (Å²) in [6, 6.07) is 19.0. The molecule has 1 N–H and O–H groups in total. The van der Waals surface area contributed by atoms with Crippen molar-refractivity contribution in [1.29, 1.82) is 0 Å². The molecule has 0 saturated heterocycles. The topological polar surface area (TPSA) is 12.0 Å². The standard InChI is InChI=1S/C20H27N/c1-16(15-20(2,3)4)14-17-10-8-9-13-19(17)21-18-11-6-5-7-12-18/h5-13,16,21H,14-15H2,1-4H3. The highest BCUT2D eigenvalue weighted by Crippen LogP contribution is 2.29. The van der Waals surface area contributed by atoms with Crippen LogP contribution in [-0.2, 0) is 6.42 Å². The van der Waals surface area contributed by atoms with Gasteiger partial charge in [0.15, 0.2) is 0 Å². The Kier molecular flexibility index (Phi) is 5.06. The molecule has 0 aromatic heterocycles. The maximum atomic E-state index is 3.54. The predicted molar refractivity (Wildman–Crippen MR) is 93.1 cm³/mol. The molecule has 0 spiro atoms. The van der Waals surface area contributed by atoms with Crippen molar-refractivity contribution in [1.82, 2.24) is 0 Å². The zero-order valence-electron chi connectivity index (χ0n) is 13.7. The van der Waals surface area contributed by atoms with E-state index >= 15 is 0 Å². The van der Waals surface area contributed by atoms with E-state index in [9.17, 15) is 0 Å². The molecule has 0 heterocycles. The third kappa shape index (κ3) is 5.26. The summed E-state index contributed by atoms with van der Waals surface area (Å²) in [6.45, 7) is 9.30. The highest BCUT2D eigenvalue weighted by atomic mass is 14.9. The lowest BCUT2D eigenvalue weighted by atomic mass is 9.83. The van der Waals surface area contributed by atoms with Gasteiger partial charge in [0.1, 0.15) is 0 Å².